The lowest BCUT2D eigenvalue weighted by molar-refractivity contribution is 0.0697. The fraction of sp³-hybridized carbons (Fsp3) is 0.259. The zero-order valence-electron chi connectivity index (χ0n) is 18.8. The summed E-state index contributed by atoms with van der Waals surface area (Å²) in [5, 5.41) is 14.3. The Kier molecular flexibility index (Phi) is 7.25. The number of aryl methyl sites for hydroxylation is 1. The molecular formula is C27H28N4O2. The third-order valence-electron chi connectivity index (χ3n) is 5.65. The predicted molar refractivity (Wildman–Crippen MR) is 128 cm³/mol. The van der Waals surface area contributed by atoms with Gasteiger partial charge in [0.05, 0.1) is 12.1 Å². The molecule has 4 rings (SSSR count). The number of nitrogens with zero attached hydrogens (tertiary/aromatic N) is 4. The first kappa shape index (κ1) is 22.4. The first-order valence-corrected chi connectivity index (χ1v) is 11.4. The summed E-state index contributed by atoms with van der Waals surface area (Å²) in [5.74, 6) is 0.875. The number of hydrogen-bond acceptors (Lipinski definition) is 4. The lowest BCUT2D eigenvalue weighted by Gasteiger charge is -2.09. The lowest BCUT2D eigenvalue weighted by atomic mass is 10.0. The summed E-state index contributed by atoms with van der Waals surface area (Å²) >= 11 is 0. The number of hydrogen-bond donors (Lipinski definition) is 1. The maximum Gasteiger partial charge on any atom is 0.337 e. The number of pyridine rings is 1. The second kappa shape index (κ2) is 10.7. The van der Waals surface area contributed by atoms with Crippen molar-refractivity contribution in [3.63, 3.8) is 0 Å². The standard InChI is InChI=1S/C27H28N4O2/c1-2-3-5-10-26-29-25(17-20-8-6-4-7-9-20)30-31(26)19-21-11-13-22(14-12-21)23-15-16-28-18-24(23)27(32)33/h4,6-9,11-16,18H,2-3,5,10,17,19H2,1H3,(H,32,33). The molecule has 0 spiro atoms. The third-order valence-corrected chi connectivity index (χ3v) is 5.65. The molecular weight excluding hydrogens is 412 g/mol. The van der Waals surface area contributed by atoms with Crippen LogP contribution >= 0.6 is 0 Å². The van der Waals surface area contributed by atoms with Crippen molar-refractivity contribution in [2.75, 3.05) is 0 Å². The Bertz CT molecular complexity index is 1200. The molecule has 4 aromatic rings. The first-order valence-electron chi connectivity index (χ1n) is 11.4. The Morgan fingerprint density at radius 1 is 0.970 bits per heavy atom. The van der Waals surface area contributed by atoms with Crippen molar-refractivity contribution in [2.45, 2.75) is 45.6 Å². The van der Waals surface area contributed by atoms with Gasteiger partial charge in [-0.3, -0.25) is 4.98 Å². The second-order valence-electron chi connectivity index (χ2n) is 8.14. The summed E-state index contributed by atoms with van der Waals surface area (Å²) in [6.07, 6.45) is 8.06. The Balaban J connectivity index is 1.55. The van der Waals surface area contributed by atoms with E-state index in [1.807, 2.05) is 47.1 Å². The SMILES string of the molecule is CCCCCc1nc(Cc2ccccc2)nn1Cc1ccc(-c2ccncc2C(=O)O)cc1. The highest BCUT2D eigenvalue weighted by Crippen LogP contribution is 2.24. The van der Waals surface area contributed by atoms with Crippen LogP contribution in [0, 0.1) is 0 Å². The predicted octanol–water partition coefficient (Wildman–Crippen LogP) is 5.41. The van der Waals surface area contributed by atoms with Crippen molar-refractivity contribution in [1.82, 2.24) is 19.7 Å². The van der Waals surface area contributed by atoms with Gasteiger partial charge in [-0.15, -0.1) is 0 Å². The molecule has 0 bridgehead atoms. The molecule has 168 valence electrons. The van der Waals surface area contributed by atoms with Crippen LogP contribution in [0.4, 0.5) is 0 Å². The van der Waals surface area contributed by atoms with Gasteiger partial charge in [0.25, 0.3) is 0 Å². The Labute approximate surface area is 194 Å². The average molecular weight is 441 g/mol. The van der Waals surface area contributed by atoms with Crippen LogP contribution in [-0.2, 0) is 19.4 Å². The second-order valence-corrected chi connectivity index (χ2v) is 8.14. The summed E-state index contributed by atoms with van der Waals surface area (Å²) in [7, 11) is 0. The highest BCUT2D eigenvalue weighted by Gasteiger charge is 2.13. The van der Waals surface area contributed by atoms with Gasteiger partial charge >= 0.3 is 5.97 Å². The van der Waals surface area contributed by atoms with Crippen LogP contribution in [0.2, 0.25) is 0 Å². The molecule has 33 heavy (non-hydrogen) atoms. The van der Waals surface area contributed by atoms with E-state index in [4.69, 9.17) is 10.1 Å². The number of unbranched alkanes of at least 4 members (excludes halogenated alkanes) is 2. The van der Waals surface area contributed by atoms with Crippen molar-refractivity contribution in [3.05, 3.63) is 101 Å². The van der Waals surface area contributed by atoms with Gasteiger partial charge < -0.3 is 5.11 Å². The van der Waals surface area contributed by atoms with Crippen molar-refractivity contribution in [1.29, 1.82) is 0 Å². The number of rotatable bonds is 10. The van der Waals surface area contributed by atoms with E-state index in [9.17, 15) is 9.90 Å². The molecule has 0 saturated carbocycles. The van der Waals surface area contributed by atoms with E-state index in [0.29, 0.717) is 18.5 Å². The lowest BCUT2D eigenvalue weighted by Crippen LogP contribution is -2.07. The van der Waals surface area contributed by atoms with E-state index >= 15 is 0 Å². The van der Waals surface area contributed by atoms with E-state index in [-0.39, 0.29) is 5.56 Å². The quantitative estimate of drug-likeness (QED) is 0.334. The fourth-order valence-corrected chi connectivity index (χ4v) is 3.90. The van der Waals surface area contributed by atoms with Gasteiger partial charge in [-0.25, -0.2) is 14.5 Å². The van der Waals surface area contributed by atoms with Gasteiger partial charge in [0.1, 0.15) is 5.82 Å². The highest BCUT2D eigenvalue weighted by atomic mass is 16.4. The molecule has 2 aromatic carbocycles. The molecule has 2 heterocycles. The minimum Gasteiger partial charge on any atom is -0.478 e. The third kappa shape index (κ3) is 5.71. The van der Waals surface area contributed by atoms with Crippen LogP contribution in [0.1, 0.15) is 59.3 Å². The molecule has 1 N–H and O–H groups in total. The van der Waals surface area contributed by atoms with Crippen molar-refractivity contribution >= 4 is 5.97 Å². The molecule has 0 aliphatic heterocycles. The fourth-order valence-electron chi connectivity index (χ4n) is 3.90. The molecule has 0 atom stereocenters. The molecule has 0 unspecified atom stereocenters. The average Bonchev–Trinajstić information content (AvgIpc) is 3.21. The molecule has 0 fully saturated rings. The minimum atomic E-state index is -0.979. The van der Waals surface area contributed by atoms with Crippen LogP contribution < -0.4 is 0 Å². The molecule has 6 nitrogen and oxygen atoms in total. The minimum absolute atomic E-state index is 0.199. The van der Waals surface area contributed by atoms with Crippen molar-refractivity contribution in [2.24, 2.45) is 0 Å². The molecule has 0 aliphatic carbocycles. The normalized spacial score (nSPS) is 10.9. The van der Waals surface area contributed by atoms with Gasteiger partial charge in [-0.2, -0.15) is 5.10 Å². The van der Waals surface area contributed by atoms with Crippen LogP contribution in [0.3, 0.4) is 0 Å². The molecule has 2 aromatic heterocycles. The summed E-state index contributed by atoms with van der Waals surface area (Å²) in [4.78, 5) is 20.3. The number of carboxylic acid groups (broad SMARTS) is 1. The maximum atomic E-state index is 11.5. The van der Waals surface area contributed by atoms with Gasteiger partial charge in [-0.05, 0) is 34.7 Å². The van der Waals surface area contributed by atoms with Crippen LogP contribution in [0.5, 0.6) is 0 Å². The van der Waals surface area contributed by atoms with Gasteiger partial charge in [0, 0.05) is 25.2 Å². The smallest absolute Gasteiger partial charge is 0.337 e. The maximum absolute atomic E-state index is 11.5. The Morgan fingerprint density at radius 2 is 1.76 bits per heavy atom. The summed E-state index contributed by atoms with van der Waals surface area (Å²) < 4.78 is 2.01. The molecule has 0 radical (unpaired) electrons. The van der Waals surface area contributed by atoms with Crippen LogP contribution in [-0.4, -0.2) is 30.8 Å². The summed E-state index contributed by atoms with van der Waals surface area (Å²) in [5.41, 5.74) is 4.01. The number of carbonyl (C=O) groups is 1. The first-order chi connectivity index (χ1) is 16.1. The number of aromatic carboxylic acids is 1. The zero-order valence-corrected chi connectivity index (χ0v) is 18.8. The molecule has 0 aliphatic rings. The van der Waals surface area contributed by atoms with E-state index in [2.05, 4.69) is 24.0 Å². The monoisotopic (exact) mass is 440 g/mol. The number of aromatic nitrogens is 4. The highest BCUT2D eigenvalue weighted by molar-refractivity contribution is 5.95. The Hall–Kier alpha value is -3.80. The molecule has 0 amide bonds. The van der Waals surface area contributed by atoms with Crippen LogP contribution in [0.15, 0.2) is 73.1 Å². The van der Waals surface area contributed by atoms with E-state index in [1.54, 1.807) is 12.3 Å². The van der Waals surface area contributed by atoms with Gasteiger partial charge in [0.2, 0.25) is 0 Å². The zero-order chi connectivity index (χ0) is 23.0. The topological polar surface area (TPSA) is 80.9 Å². The number of benzene rings is 2. The van der Waals surface area contributed by atoms with Crippen LogP contribution in [0.25, 0.3) is 11.1 Å². The van der Waals surface area contributed by atoms with Crippen molar-refractivity contribution < 1.29 is 9.90 Å². The molecule has 6 heteroatoms. The van der Waals surface area contributed by atoms with Gasteiger partial charge in [-0.1, -0.05) is 74.4 Å². The Morgan fingerprint density at radius 3 is 2.48 bits per heavy atom. The van der Waals surface area contributed by atoms with Gasteiger partial charge in [0.15, 0.2) is 5.82 Å². The van der Waals surface area contributed by atoms with E-state index in [1.165, 1.54) is 24.6 Å². The summed E-state index contributed by atoms with van der Waals surface area (Å²) in [6, 6.07) is 20.0. The van der Waals surface area contributed by atoms with Crippen molar-refractivity contribution in [3.8, 4) is 11.1 Å². The van der Waals surface area contributed by atoms with E-state index in [0.717, 1.165) is 35.6 Å². The molecule has 0 saturated heterocycles. The largest absolute Gasteiger partial charge is 0.478 e. The summed E-state index contributed by atoms with van der Waals surface area (Å²) in [6.45, 7) is 2.83. The number of carboxylic acids is 1. The van der Waals surface area contributed by atoms with E-state index < -0.39 is 5.97 Å².